The van der Waals surface area contributed by atoms with Gasteiger partial charge in [0.05, 0.1) is 10.2 Å². The number of carboxylic acid groups (broad SMARTS) is 1. The molecule has 0 unspecified atom stereocenters. The number of hydrogen-bond acceptors (Lipinski definition) is 3. The quantitative estimate of drug-likeness (QED) is 0.862. The van der Waals surface area contributed by atoms with Gasteiger partial charge in [0.2, 0.25) is 0 Å². The Labute approximate surface area is 97.7 Å². The van der Waals surface area contributed by atoms with Crippen LogP contribution in [0.1, 0.15) is 4.88 Å². The zero-order valence-electron chi connectivity index (χ0n) is 7.32. The van der Waals surface area contributed by atoms with Gasteiger partial charge in [0.15, 0.2) is 0 Å². The maximum atomic E-state index is 10.6. The fourth-order valence-electron chi connectivity index (χ4n) is 1.29. The minimum absolute atomic E-state index is 0.0737. The van der Waals surface area contributed by atoms with Gasteiger partial charge in [-0.05, 0) is 35.6 Å². The molecular formula is C8H7IN2O2S. The van der Waals surface area contributed by atoms with Crippen LogP contribution in [-0.4, -0.2) is 20.9 Å². The molecule has 0 atom stereocenters. The predicted molar refractivity (Wildman–Crippen MR) is 62.7 cm³/mol. The van der Waals surface area contributed by atoms with Gasteiger partial charge in [0.1, 0.15) is 10.2 Å². The summed E-state index contributed by atoms with van der Waals surface area (Å²) in [5, 5.41) is 12.8. The number of aliphatic carboxylic acids is 1. The van der Waals surface area contributed by atoms with E-state index in [1.54, 1.807) is 11.3 Å². The van der Waals surface area contributed by atoms with E-state index in [4.69, 9.17) is 5.11 Å². The molecule has 0 aliphatic rings. The van der Waals surface area contributed by atoms with Gasteiger partial charge in [-0.3, -0.25) is 9.48 Å². The van der Waals surface area contributed by atoms with E-state index < -0.39 is 5.97 Å². The van der Waals surface area contributed by atoms with Gasteiger partial charge in [-0.2, -0.15) is 5.10 Å². The van der Waals surface area contributed by atoms with Crippen molar-refractivity contribution in [3.05, 3.63) is 14.6 Å². The van der Waals surface area contributed by atoms with Crippen molar-refractivity contribution in [3.63, 3.8) is 0 Å². The summed E-state index contributed by atoms with van der Waals surface area (Å²) < 4.78 is 3.48. The summed E-state index contributed by atoms with van der Waals surface area (Å²) in [6.07, 6.45) is 0. The van der Waals surface area contributed by atoms with Gasteiger partial charge >= 0.3 is 5.97 Å². The summed E-state index contributed by atoms with van der Waals surface area (Å²) in [4.78, 5) is 11.7. The van der Waals surface area contributed by atoms with Crippen molar-refractivity contribution in [1.29, 1.82) is 0 Å². The van der Waals surface area contributed by atoms with Gasteiger partial charge in [-0.15, -0.1) is 11.3 Å². The fraction of sp³-hybridized carbons (Fsp3) is 0.250. The number of thiophene rings is 1. The number of halogens is 1. The molecule has 0 radical (unpaired) electrons. The Bertz CT molecular complexity index is 503. The molecule has 1 N–H and O–H groups in total. The predicted octanol–water partition coefficient (Wildman–Crippen LogP) is 2.10. The standard InChI is InChI=1S/C8H7IN2O2S/c1-4-2-5-7(14-4)8(9)10-11(5)3-6(12)13/h2H,3H2,1H3,(H,12,13). The summed E-state index contributed by atoms with van der Waals surface area (Å²) >= 11 is 3.77. The van der Waals surface area contributed by atoms with Crippen molar-refractivity contribution in [1.82, 2.24) is 9.78 Å². The van der Waals surface area contributed by atoms with E-state index in [0.29, 0.717) is 0 Å². The van der Waals surface area contributed by atoms with Crippen LogP contribution in [0.25, 0.3) is 10.2 Å². The molecule has 2 aromatic heterocycles. The van der Waals surface area contributed by atoms with E-state index in [1.165, 1.54) is 9.56 Å². The lowest BCUT2D eigenvalue weighted by Gasteiger charge is -1.95. The first-order valence-electron chi connectivity index (χ1n) is 3.92. The molecule has 4 nitrogen and oxygen atoms in total. The van der Waals surface area contributed by atoms with Crippen molar-refractivity contribution < 1.29 is 9.90 Å². The molecule has 0 saturated heterocycles. The summed E-state index contributed by atoms with van der Waals surface area (Å²) in [5.74, 6) is -0.866. The van der Waals surface area contributed by atoms with E-state index in [9.17, 15) is 4.79 Å². The van der Waals surface area contributed by atoms with Crippen LogP contribution in [0.15, 0.2) is 6.07 Å². The number of rotatable bonds is 2. The topological polar surface area (TPSA) is 55.1 Å². The average Bonchev–Trinajstić information content (AvgIpc) is 2.54. The van der Waals surface area contributed by atoms with E-state index in [0.717, 1.165) is 13.9 Å². The van der Waals surface area contributed by atoms with Crippen molar-refractivity contribution in [2.45, 2.75) is 13.5 Å². The molecular weight excluding hydrogens is 315 g/mol. The molecule has 0 aromatic carbocycles. The van der Waals surface area contributed by atoms with E-state index in [-0.39, 0.29) is 6.54 Å². The van der Waals surface area contributed by atoms with Crippen LogP contribution in [0.5, 0.6) is 0 Å². The Morgan fingerprint density at radius 3 is 3.14 bits per heavy atom. The number of fused-ring (bicyclic) bond motifs is 1. The fourth-order valence-corrected chi connectivity index (χ4v) is 3.05. The number of hydrogen-bond donors (Lipinski definition) is 1. The summed E-state index contributed by atoms with van der Waals surface area (Å²) in [5.41, 5.74) is 0.916. The first kappa shape index (κ1) is 9.91. The maximum absolute atomic E-state index is 10.6. The van der Waals surface area contributed by atoms with Crippen LogP contribution in [-0.2, 0) is 11.3 Å². The van der Waals surface area contributed by atoms with Crippen LogP contribution in [0.3, 0.4) is 0 Å². The molecule has 0 bridgehead atoms. The average molecular weight is 322 g/mol. The molecule has 0 saturated carbocycles. The number of carbonyl (C=O) groups is 1. The normalized spacial score (nSPS) is 11.0. The number of aryl methyl sites for hydroxylation is 1. The first-order chi connectivity index (χ1) is 6.58. The maximum Gasteiger partial charge on any atom is 0.325 e. The van der Waals surface area contributed by atoms with E-state index in [2.05, 4.69) is 27.7 Å². The van der Waals surface area contributed by atoms with Crippen LogP contribution in [0.4, 0.5) is 0 Å². The monoisotopic (exact) mass is 322 g/mol. The molecule has 14 heavy (non-hydrogen) atoms. The van der Waals surface area contributed by atoms with Crippen molar-refractivity contribution in [3.8, 4) is 0 Å². The van der Waals surface area contributed by atoms with Crippen LogP contribution >= 0.6 is 33.9 Å². The number of carboxylic acids is 1. The Hall–Kier alpha value is -0.630. The summed E-state index contributed by atoms with van der Waals surface area (Å²) in [6.45, 7) is 1.93. The van der Waals surface area contributed by atoms with Gasteiger partial charge in [0, 0.05) is 4.88 Å². The second-order valence-electron chi connectivity index (χ2n) is 2.91. The Balaban J connectivity index is 2.59. The largest absolute Gasteiger partial charge is 0.480 e. The third kappa shape index (κ3) is 1.63. The van der Waals surface area contributed by atoms with Crippen molar-refractivity contribution in [2.75, 3.05) is 0 Å². The highest BCUT2D eigenvalue weighted by Crippen LogP contribution is 2.28. The van der Waals surface area contributed by atoms with Gasteiger partial charge in [-0.25, -0.2) is 0 Å². The van der Waals surface area contributed by atoms with Gasteiger partial charge in [-0.1, -0.05) is 0 Å². The summed E-state index contributed by atoms with van der Waals surface area (Å²) in [6, 6.07) is 1.97. The zero-order chi connectivity index (χ0) is 10.3. The molecule has 2 rings (SSSR count). The molecule has 74 valence electrons. The molecule has 0 aliphatic heterocycles. The van der Waals surface area contributed by atoms with Crippen molar-refractivity contribution >= 4 is 50.1 Å². The number of nitrogens with zero attached hydrogens (tertiary/aromatic N) is 2. The second kappa shape index (κ2) is 3.50. The molecule has 0 spiro atoms. The molecule has 2 aromatic rings. The molecule has 6 heteroatoms. The van der Waals surface area contributed by atoms with Crippen LogP contribution < -0.4 is 0 Å². The highest BCUT2D eigenvalue weighted by atomic mass is 127. The van der Waals surface area contributed by atoms with Crippen LogP contribution in [0, 0.1) is 10.6 Å². The van der Waals surface area contributed by atoms with Gasteiger partial charge < -0.3 is 5.11 Å². The lowest BCUT2D eigenvalue weighted by molar-refractivity contribution is -0.137. The lowest BCUT2D eigenvalue weighted by atomic mass is 10.4. The Kier molecular flexibility index (Phi) is 2.48. The minimum Gasteiger partial charge on any atom is -0.480 e. The third-order valence-corrected chi connectivity index (χ3v) is 3.96. The highest BCUT2D eigenvalue weighted by Gasteiger charge is 2.12. The second-order valence-corrected chi connectivity index (χ2v) is 5.19. The Morgan fingerprint density at radius 2 is 2.50 bits per heavy atom. The Morgan fingerprint density at radius 1 is 1.79 bits per heavy atom. The first-order valence-corrected chi connectivity index (χ1v) is 5.81. The third-order valence-electron chi connectivity index (χ3n) is 1.79. The van der Waals surface area contributed by atoms with E-state index >= 15 is 0 Å². The SMILES string of the molecule is Cc1cc2c(s1)c(I)nn2CC(=O)O. The zero-order valence-corrected chi connectivity index (χ0v) is 10.3. The molecule has 0 amide bonds. The van der Waals surface area contributed by atoms with Gasteiger partial charge in [0.25, 0.3) is 0 Å². The van der Waals surface area contributed by atoms with Crippen molar-refractivity contribution in [2.24, 2.45) is 0 Å². The lowest BCUT2D eigenvalue weighted by Crippen LogP contribution is -2.09. The molecule has 0 aliphatic carbocycles. The highest BCUT2D eigenvalue weighted by molar-refractivity contribution is 14.1. The summed E-state index contributed by atoms with van der Waals surface area (Å²) in [7, 11) is 0. The van der Waals surface area contributed by atoms with Crippen LogP contribution in [0.2, 0.25) is 0 Å². The molecule has 0 fully saturated rings. The number of aromatic nitrogens is 2. The molecule has 2 heterocycles. The smallest absolute Gasteiger partial charge is 0.325 e. The van der Waals surface area contributed by atoms with E-state index in [1.807, 2.05) is 13.0 Å². The minimum atomic E-state index is -0.866.